The van der Waals surface area contributed by atoms with Crippen LogP contribution in [0, 0.1) is 5.41 Å². The van der Waals surface area contributed by atoms with E-state index in [1.165, 1.54) is 6.07 Å². The Bertz CT molecular complexity index is 408. The molecule has 0 aliphatic heterocycles. The normalized spacial score (nSPS) is 24.1. The van der Waals surface area contributed by atoms with Gasteiger partial charge in [0.25, 0.3) is 0 Å². The van der Waals surface area contributed by atoms with Crippen LogP contribution in [0.2, 0.25) is 0 Å². The first-order valence-corrected chi connectivity index (χ1v) is 5.49. The molecule has 2 rings (SSSR count). The molecule has 1 aromatic heterocycles. The summed E-state index contributed by atoms with van der Waals surface area (Å²) in [7, 11) is 0. The van der Waals surface area contributed by atoms with E-state index >= 15 is 0 Å². The molecule has 0 spiro atoms. The summed E-state index contributed by atoms with van der Waals surface area (Å²) >= 11 is 0. The highest BCUT2D eigenvalue weighted by Crippen LogP contribution is 2.45. The predicted molar refractivity (Wildman–Crippen MR) is 59.4 cm³/mol. The zero-order valence-electron chi connectivity index (χ0n) is 9.78. The molecule has 2 atom stereocenters. The van der Waals surface area contributed by atoms with Crippen LogP contribution in [0.5, 0.6) is 0 Å². The van der Waals surface area contributed by atoms with Crippen LogP contribution in [-0.2, 0) is 0 Å². The molecule has 2 unspecified atom stereocenters. The number of rotatable bonds is 4. The van der Waals surface area contributed by atoms with E-state index in [0.717, 1.165) is 6.42 Å². The lowest BCUT2D eigenvalue weighted by molar-refractivity contribution is 0.0659. The average molecular weight is 223 g/mol. The second-order valence-electron chi connectivity index (χ2n) is 5.14. The second-order valence-corrected chi connectivity index (χ2v) is 5.14. The summed E-state index contributed by atoms with van der Waals surface area (Å²) in [5.74, 6) is -0.344. The Balaban J connectivity index is 1.98. The highest BCUT2D eigenvalue weighted by Gasteiger charge is 2.46. The van der Waals surface area contributed by atoms with E-state index in [1.807, 2.05) is 6.92 Å². The lowest BCUT2D eigenvalue weighted by atomic mass is 10.1. The molecule has 1 aromatic rings. The van der Waals surface area contributed by atoms with E-state index in [0.29, 0.717) is 17.2 Å². The quantitative estimate of drug-likeness (QED) is 0.822. The maximum Gasteiger partial charge on any atom is 0.371 e. The summed E-state index contributed by atoms with van der Waals surface area (Å²) in [5, 5.41) is 12.2. The Morgan fingerprint density at radius 2 is 2.25 bits per heavy atom. The van der Waals surface area contributed by atoms with Gasteiger partial charge in [0.1, 0.15) is 5.76 Å². The van der Waals surface area contributed by atoms with Gasteiger partial charge in [0.2, 0.25) is 5.76 Å². The highest BCUT2D eigenvalue weighted by atomic mass is 16.4. The highest BCUT2D eigenvalue weighted by molar-refractivity contribution is 5.84. The van der Waals surface area contributed by atoms with Gasteiger partial charge in [-0.1, -0.05) is 13.8 Å². The third-order valence-corrected chi connectivity index (χ3v) is 3.23. The summed E-state index contributed by atoms with van der Waals surface area (Å²) in [4.78, 5) is 10.7. The van der Waals surface area contributed by atoms with Gasteiger partial charge in [-0.2, -0.15) is 0 Å². The zero-order chi connectivity index (χ0) is 11.9. The summed E-state index contributed by atoms with van der Waals surface area (Å²) in [5.41, 5.74) is 0.358. The van der Waals surface area contributed by atoms with E-state index in [9.17, 15) is 4.79 Å². The molecule has 1 saturated carbocycles. The fourth-order valence-electron chi connectivity index (χ4n) is 1.84. The molecule has 16 heavy (non-hydrogen) atoms. The van der Waals surface area contributed by atoms with Crippen molar-refractivity contribution >= 4 is 5.97 Å². The fraction of sp³-hybridized carbons (Fsp3) is 0.583. The number of furan rings is 1. The lowest BCUT2D eigenvalue weighted by Gasteiger charge is -2.12. The molecule has 0 bridgehead atoms. The fourth-order valence-corrected chi connectivity index (χ4v) is 1.84. The van der Waals surface area contributed by atoms with Crippen molar-refractivity contribution in [1.29, 1.82) is 0 Å². The van der Waals surface area contributed by atoms with Crippen molar-refractivity contribution in [3.63, 3.8) is 0 Å². The minimum absolute atomic E-state index is 0.00120. The van der Waals surface area contributed by atoms with Crippen molar-refractivity contribution in [3.05, 3.63) is 23.7 Å². The van der Waals surface area contributed by atoms with Crippen molar-refractivity contribution in [2.45, 2.75) is 39.3 Å². The van der Waals surface area contributed by atoms with E-state index in [-0.39, 0.29) is 11.8 Å². The van der Waals surface area contributed by atoms with Crippen molar-refractivity contribution in [2.24, 2.45) is 5.41 Å². The molecule has 0 saturated heterocycles. The maximum atomic E-state index is 10.7. The third-order valence-electron chi connectivity index (χ3n) is 3.23. The Morgan fingerprint density at radius 1 is 1.62 bits per heavy atom. The number of nitrogens with one attached hydrogen (secondary N) is 1. The Labute approximate surface area is 94.6 Å². The van der Waals surface area contributed by atoms with Crippen molar-refractivity contribution in [3.8, 4) is 0 Å². The number of hydrogen-bond donors (Lipinski definition) is 2. The molecular weight excluding hydrogens is 206 g/mol. The molecule has 1 heterocycles. The molecule has 0 radical (unpaired) electrons. The topological polar surface area (TPSA) is 62.5 Å². The number of carbonyl (C=O) groups is 1. The van der Waals surface area contributed by atoms with Crippen LogP contribution in [0.3, 0.4) is 0 Å². The van der Waals surface area contributed by atoms with E-state index < -0.39 is 5.97 Å². The van der Waals surface area contributed by atoms with Gasteiger partial charge in [0.15, 0.2) is 0 Å². The minimum atomic E-state index is -1.02. The standard InChI is InChI=1S/C12H17NO3/c1-7(13-10-6-12(10,2)3)8-4-5-9(16-8)11(14)15/h4-5,7,10,13H,6H2,1-3H3,(H,14,15). The van der Waals surface area contributed by atoms with Crippen molar-refractivity contribution < 1.29 is 14.3 Å². The Morgan fingerprint density at radius 3 is 2.69 bits per heavy atom. The summed E-state index contributed by atoms with van der Waals surface area (Å²) < 4.78 is 5.24. The van der Waals surface area contributed by atoms with Gasteiger partial charge in [0, 0.05) is 6.04 Å². The number of hydrogen-bond acceptors (Lipinski definition) is 3. The molecule has 1 aliphatic carbocycles. The number of aromatic carboxylic acids is 1. The van der Waals surface area contributed by atoms with Crippen molar-refractivity contribution in [1.82, 2.24) is 5.32 Å². The zero-order valence-corrected chi connectivity index (χ0v) is 9.78. The van der Waals surface area contributed by atoms with Crippen LogP contribution >= 0.6 is 0 Å². The van der Waals surface area contributed by atoms with Crippen LogP contribution in [0.1, 0.15) is 49.5 Å². The van der Waals surface area contributed by atoms with Crippen LogP contribution < -0.4 is 5.32 Å². The number of carboxylic acids is 1. The molecule has 4 nitrogen and oxygen atoms in total. The van der Waals surface area contributed by atoms with Gasteiger partial charge in [0.05, 0.1) is 6.04 Å². The molecule has 0 aromatic carbocycles. The SMILES string of the molecule is CC(NC1CC1(C)C)c1ccc(C(=O)O)o1. The summed E-state index contributed by atoms with van der Waals surface area (Å²) in [6, 6.07) is 3.77. The van der Waals surface area contributed by atoms with E-state index in [2.05, 4.69) is 19.2 Å². The van der Waals surface area contributed by atoms with Crippen LogP contribution in [0.25, 0.3) is 0 Å². The first-order valence-electron chi connectivity index (χ1n) is 5.49. The molecule has 2 N–H and O–H groups in total. The van der Waals surface area contributed by atoms with Crippen LogP contribution in [-0.4, -0.2) is 17.1 Å². The molecule has 1 aliphatic rings. The van der Waals surface area contributed by atoms with Gasteiger partial charge in [-0.05, 0) is 30.9 Å². The smallest absolute Gasteiger partial charge is 0.371 e. The second kappa shape index (κ2) is 3.63. The lowest BCUT2D eigenvalue weighted by Crippen LogP contribution is -2.23. The monoisotopic (exact) mass is 223 g/mol. The van der Waals surface area contributed by atoms with E-state index in [1.54, 1.807) is 6.07 Å². The summed E-state index contributed by atoms with van der Waals surface area (Å²) in [6.07, 6.45) is 1.16. The average Bonchev–Trinajstić information content (AvgIpc) is 2.68. The molecule has 1 fully saturated rings. The molecule has 4 heteroatoms. The van der Waals surface area contributed by atoms with Gasteiger partial charge in [-0.25, -0.2) is 4.79 Å². The molecule has 0 amide bonds. The third kappa shape index (κ3) is 2.11. The molecule has 88 valence electrons. The van der Waals surface area contributed by atoms with Crippen LogP contribution in [0.4, 0.5) is 0 Å². The summed E-state index contributed by atoms with van der Waals surface area (Å²) in [6.45, 7) is 6.41. The first kappa shape index (κ1) is 11.2. The largest absolute Gasteiger partial charge is 0.475 e. The number of carboxylic acid groups (broad SMARTS) is 1. The van der Waals surface area contributed by atoms with Gasteiger partial charge in [-0.15, -0.1) is 0 Å². The van der Waals surface area contributed by atoms with Gasteiger partial charge in [-0.3, -0.25) is 0 Å². The van der Waals surface area contributed by atoms with Crippen molar-refractivity contribution in [2.75, 3.05) is 0 Å². The predicted octanol–water partition coefficient (Wildman–Crippen LogP) is 2.43. The first-order chi connectivity index (χ1) is 7.40. The van der Waals surface area contributed by atoms with Crippen LogP contribution in [0.15, 0.2) is 16.5 Å². The van der Waals surface area contributed by atoms with Gasteiger partial charge < -0.3 is 14.8 Å². The minimum Gasteiger partial charge on any atom is -0.475 e. The van der Waals surface area contributed by atoms with Gasteiger partial charge >= 0.3 is 5.97 Å². The van der Waals surface area contributed by atoms with E-state index in [4.69, 9.17) is 9.52 Å². The maximum absolute atomic E-state index is 10.7. The molecular formula is C12H17NO3. The Kier molecular flexibility index (Phi) is 2.54. The Hall–Kier alpha value is -1.29.